The molecule has 4 heteroatoms. The third kappa shape index (κ3) is 2.15. The topological polar surface area (TPSA) is 56.7 Å². The van der Waals surface area contributed by atoms with E-state index in [4.69, 9.17) is 10.7 Å². The fourth-order valence-corrected chi connectivity index (χ4v) is 3.24. The zero-order valence-electron chi connectivity index (χ0n) is 12.8. The second kappa shape index (κ2) is 5.13. The molecule has 0 atom stereocenters. The lowest BCUT2D eigenvalue weighted by Gasteiger charge is -2.25. The molecular formula is C18H20N4. The number of nitrogens with zero attached hydrogens (tertiary/aromatic N) is 3. The van der Waals surface area contributed by atoms with E-state index in [9.17, 15) is 0 Å². The van der Waals surface area contributed by atoms with Crippen LogP contribution >= 0.6 is 0 Å². The highest BCUT2D eigenvalue weighted by Gasteiger charge is 2.21. The number of benzene rings is 1. The Morgan fingerprint density at radius 3 is 2.77 bits per heavy atom. The SMILES string of the molecule is Cc1nn(Cc2cccc(C3CCC3)n2)c2cccc(N)c12. The Labute approximate surface area is 130 Å². The number of rotatable bonds is 3. The van der Waals surface area contributed by atoms with Crippen molar-refractivity contribution in [3.8, 4) is 0 Å². The Kier molecular flexibility index (Phi) is 3.10. The summed E-state index contributed by atoms with van der Waals surface area (Å²) in [7, 11) is 0. The number of aromatic nitrogens is 3. The van der Waals surface area contributed by atoms with Crippen molar-refractivity contribution in [3.05, 3.63) is 53.5 Å². The van der Waals surface area contributed by atoms with Crippen LogP contribution in [0.1, 0.15) is 42.3 Å². The number of hydrogen-bond donors (Lipinski definition) is 1. The minimum absolute atomic E-state index is 0.659. The molecule has 112 valence electrons. The van der Waals surface area contributed by atoms with Crippen LogP contribution in [0.3, 0.4) is 0 Å². The van der Waals surface area contributed by atoms with Gasteiger partial charge in [0.1, 0.15) is 0 Å². The van der Waals surface area contributed by atoms with Gasteiger partial charge in [-0.25, -0.2) is 0 Å². The molecule has 0 radical (unpaired) electrons. The zero-order valence-corrected chi connectivity index (χ0v) is 12.8. The zero-order chi connectivity index (χ0) is 15.1. The highest BCUT2D eigenvalue weighted by atomic mass is 15.3. The van der Waals surface area contributed by atoms with Gasteiger partial charge >= 0.3 is 0 Å². The van der Waals surface area contributed by atoms with Gasteiger partial charge in [-0.2, -0.15) is 5.10 Å². The summed E-state index contributed by atoms with van der Waals surface area (Å²) in [6.07, 6.45) is 3.88. The van der Waals surface area contributed by atoms with Crippen molar-refractivity contribution in [2.45, 2.75) is 38.6 Å². The second-order valence-electron chi connectivity index (χ2n) is 6.17. The van der Waals surface area contributed by atoms with Gasteiger partial charge in [-0.1, -0.05) is 18.6 Å². The van der Waals surface area contributed by atoms with E-state index in [1.165, 1.54) is 25.0 Å². The van der Waals surface area contributed by atoms with Crippen LogP contribution in [-0.4, -0.2) is 14.8 Å². The third-order valence-corrected chi connectivity index (χ3v) is 4.65. The van der Waals surface area contributed by atoms with Crippen molar-refractivity contribution in [3.63, 3.8) is 0 Å². The highest BCUT2D eigenvalue weighted by Crippen LogP contribution is 2.35. The Hall–Kier alpha value is -2.36. The van der Waals surface area contributed by atoms with E-state index in [2.05, 4.69) is 29.4 Å². The Morgan fingerprint density at radius 1 is 1.18 bits per heavy atom. The minimum atomic E-state index is 0.659. The van der Waals surface area contributed by atoms with E-state index < -0.39 is 0 Å². The van der Waals surface area contributed by atoms with Crippen molar-refractivity contribution < 1.29 is 0 Å². The summed E-state index contributed by atoms with van der Waals surface area (Å²) in [5.74, 6) is 0.659. The predicted molar refractivity (Wildman–Crippen MR) is 88.8 cm³/mol. The molecule has 2 N–H and O–H groups in total. The Bertz CT molecular complexity index is 830. The number of fused-ring (bicyclic) bond motifs is 1. The van der Waals surface area contributed by atoms with Crippen LogP contribution in [0.2, 0.25) is 0 Å². The van der Waals surface area contributed by atoms with Gasteiger partial charge in [0.2, 0.25) is 0 Å². The van der Waals surface area contributed by atoms with Crippen LogP contribution < -0.4 is 5.73 Å². The molecule has 0 spiro atoms. The average molecular weight is 292 g/mol. The number of hydrogen-bond acceptors (Lipinski definition) is 3. The van der Waals surface area contributed by atoms with Gasteiger partial charge < -0.3 is 5.73 Å². The number of nitrogen functional groups attached to an aromatic ring is 1. The molecule has 2 aromatic heterocycles. The lowest BCUT2D eigenvalue weighted by atomic mass is 9.82. The van der Waals surface area contributed by atoms with Gasteiger partial charge in [-0.15, -0.1) is 0 Å². The highest BCUT2D eigenvalue weighted by molar-refractivity contribution is 5.92. The van der Waals surface area contributed by atoms with Gasteiger partial charge in [0, 0.05) is 22.7 Å². The molecule has 1 aliphatic rings. The number of anilines is 1. The molecular weight excluding hydrogens is 272 g/mol. The number of aryl methyl sites for hydroxylation is 1. The summed E-state index contributed by atoms with van der Waals surface area (Å²) in [5.41, 5.74) is 11.2. The quantitative estimate of drug-likeness (QED) is 0.750. The van der Waals surface area contributed by atoms with Crippen LogP contribution in [0.25, 0.3) is 10.9 Å². The maximum Gasteiger partial charge on any atom is 0.0838 e. The summed E-state index contributed by atoms with van der Waals surface area (Å²) in [4.78, 5) is 4.84. The molecule has 22 heavy (non-hydrogen) atoms. The standard InChI is InChI=1S/C18H20N4/c1-12-18-15(19)8-4-10-17(18)22(21-12)11-14-7-3-9-16(20-14)13-5-2-6-13/h3-4,7-10,13H,2,5-6,11,19H2,1H3. The molecule has 1 fully saturated rings. The van der Waals surface area contributed by atoms with E-state index in [1.54, 1.807) is 0 Å². The molecule has 0 saturated heterocycles. The van der Waals surface area contributed by atoms with Crippen LogP contribution in [0.4, 0.5) is 5.69 Å². The average Bonchev–Trinajstić information content (AvgIpc) is 2.75. The first kappa shape index (κ1) is 13.3. The third-order valence-electron chi connectivity index (χ3n) is 4.65. The molecule has 0 bridgehead atoms. The molecule has 2 heterocycles. The summed E-state index contributed by atoms with van der Waals surface area (Å²) in [6.45, 7) is 2.70. The maximum atomic E-state index is 6.08. The van der Waals surface area contributed by atoms with Gasteiger partial charge in [0.05, 0.1) is 23.4 Å². The largest absolute Gasteiger partial charge is 0.398 e. The Balaban J connectivity index is 1.70. The Morgan fingerprint density at radius 2 is 2.00 bits per heavy atom. The van der Waals surface area contributed by atoms with Crippen molar-refractivity contribution >= 4 is 16.6 Å². The van der Waals surface area contributed by atoms with Gasteiger partial charge in [-0.3, -0.25) is 9.67 Å². The van der Waals surface area contributed by atoms with Crippen LogP contribution in [0, 0.1) is 6.92 Å². The summed E-state index contributed by atoms with van der Waals surface area (Å²) in [5, 5.41) is 5.70. The van der Waals surface area contributed by atoms with Gasteiger partial charge in [0.15, 0.2) is 0 Å². The van der Waals surface area contributed by atoms with Crippen molar-refractivity contribution in [1.29, 1.82) is 0 Å². The summed E-state index contributed by atoms with van der Waals surface area (Å²) < 4.78 is 2.01. The van der Waals surface area contributed by atoms with E-state index in [0.717, 1.165) is 28.0 Å². The molecule has 4 rings (SSSR count). The molecule has 1 aromatic carbocycles. The van der Waals surface area contributed by atoms with E-state index >= 15 is 0 Å². The normalized spacial score (nSPS) is 15.1. The monoisotopic (exact) mass is 292 g/mol. The fraction of sp³-hybridized carbons (Fsp3) is 0.333. The first-order chi connectivity index (χ1) is 10.7. The smallest absolute Gasteiger partial charge is 0.0838 e. The van der Waals surface area contributed by atoms with Gasteiger partial charge in [-0.05, 0) is 44.0 Å². The van der Waals surface area contributed by atoms with Crippen LogP contribution in [-0.2, 0) is 6.54 Å². The van der Waals surface area contributed by atoms with Crippen molar-refractivity contribution in [2.75, 3.05) is 5.73 Å². The molecule has 4 nitrogen and oxygen atoms in total. The summed E-state index contributed by atoms with van der Waals surface area (Å²) in [6, 6.07) is 12.3. The first-order valence-corrected chi connectivity index (χ1v) is 7.90. The molecule has 1 saturated carbocycles. The number of pyridine rings is 1. The minimum Gasteiger partial charge on any atom is -0.398 e. The fourth-order valence-electron chi connectivity index (χ4n) is 3.24. The van der Waals surface area contributed by atoms with Crippen molar-refractivity contribution in [1.82, 2.24) is 14.8 Å². The molecule has 0 unspecified atom stereocenters. The predicted octanol–water partition coefficient (Wildman–Crippen LogP) is 3.64. The van der Waals surface area contributed by atoms with Crippen molar-refractivity contribution in [2.24, 2.45) is 0 Å². The molecule has 3 aromatic rings. The van der Waals surface area contributed by atoms with Gasteiger partial charge in [0.25, 0.3) is 0 Å². The van der Waals surface area contributed by atoms with E-state index in [-0.39, 0.29) is 0 Å². The second-order valence-corrected chi connectivity index (χ2v) is 6.17. The van der Waals surface area contributed by atoms with E-state index in [0.29, 0.717) is 12.5 Å². The summed E-state index contributed by atoms with van der Waals surface area (Å²) >= 11 is 0. The lowest BCUT2D eigenvalue weighted by Crippen LogP contribution is -2.12. The lowest BCUT2D eigenvalue weighted by molar-refractivity contribution is 0.410. The maximum absolute atomic E-state index is 6.08. The van der Waals surface area contributed by atoms with Crippen LogP contribution in [0.15, 0.2) is 36.4 Å². The molecule has 1 aliphatic carbocycles. The molecule has 0 amide bonds. The first-order valence-electron chi connectivity index (χ1n) is 7.90. The van der Waals surface area contributed by atoms with Crippen LogP contribution in [0.5, 0.6) is 0 Å². The number of nitrogens with two attached hydrogens (primary N) is 1. The molecule has 0 aliphatic heterocycles. The van der Waals surface area contributed by atoms with E-state index in [1.807, 2.05) is 23.7 Å².